The summed E-state index contributed by atoms with van der Waals surface area (Å²) in [5, 5.41) is 12.5. The van der Waals surface area contributed by atoms with E-state index in [1.807, 2.05) is 25.7 Å². The normalized spacial score (nSPS) is 19.9. The molecule has 3 rings (SSSR count). The first-order valence-electron chi connectivity index (χ1n) is 9.63. The minimum atomic E-state index is -0.657. The predicted molar refractivity (Wildman–Crippen MR) is 101 cm³/mol. The maximum atomic E-state index is 12.6. The predicted octanol–water partition coefficient (Wildman–Crippen LogP) is 0.539. The van der Waals surface area contributed by atoms with E-state index in [0.717, 1.165) is 12.8 Å². The highest BCUT2D eigenvalue weighted by molar-refractivity contribution is 5.82. The first kappa shape index (κ1) is 20.5. The van der Waals surface area contributed by atoms with Gasteiger partial charge in [-0.2, -0.15) is 0 Å². The number of ether oxygens (including phenoxy) is 1. The van der Waals surface area contributed by atoms with Crippen molar-refractivity contribution in [3.63, 3.8) is 0 Å². The van der Waals surface area contributed by atoms with E-state index in [9.17, 15) is 14.7 Å². The van der Waals surface area contributed by atoms with Crippen molar-refractivity contribution in [1.82, 2.24) is 25.1 Å². The monoisotopic (exact) mass is 391 g/mol. The summed E-state index contributed by atoms with van der Waals surface area (Å²) in [6.45, 7) is 7.22. The van der Waals surface area contributed by atoms with Gasteiger partial charge >= 0.3 is 6.09 Å². The number of nitrogens with zero attached hydrogens (tertiary/aromatic N) is 4. The van der Waals surface area contributed by atoms with Crippen LogP contribution in [-0.2, 0) is 16.1 Å². The molecule has 0 radical (unpaired) electrons. The third kappa shape index (κ3) is 4.41. The molecule has 28 heavy (non-hydrogen) atoms. The zero-order valence-electron chi connectivity index (χ0n) is 16.7. The molecular weight excluding hydrogens is 362 g/mol. The summed E-state index contributed by atoms with van der Waals surface area (Å²) in [4.78, 5) is 36.9. The van der Waals surface area contributed by atoms with E-state index in [1.54, 1.807) is 23.4 Å². The molecule has 2 aliphatic rings. The van der Waals surface area contributed by atoms with Gasteiger partial charge < -0.3 is 15.2 Å². The Kier molecular flexibility index (Phi) is 5.85. The Hall–Kier alpha value is -2.26. The largest absolute Gasteiger partial charge is 0.444 e. The third-order valence-electron chi connectivity index (χ3n) is 5.16. The fourth-order valence-corrected chi connectivity index (χ4v) is 3.87. The number of hydrogen-bond donors (Lipinski definition) is 2. The number of hydrogen-bond acceptors (Lipinski definition) is 7. The van der Waals surface area contributed by atoms with E-state index >= 15 is 0 Å². The van der Waals surface area contributed by atoms with Crippen LogP contribution in [0.3, 0.4) is 0 Å². The Labute approximate surface area is 165 Å². The Morgan fingerprint density at radius 1 is 1.32 bits per heavy atom. The highest BCUT2D eigenvalue weighted by Crippen LogP contribution is 2.39. The molecule has 1 atom stereocenters. The standard InChI is InChI=1S/C19H29N5O4/c1-18(2,3)28-17(27)24-9-4-6-19(24)12-23(13-19)14(11-25)16(26)22-10-15-20-7-5-8-21-15/h5,7-8,14,25H,4,6,9-13H2,1-3H3,(H,22,26)/t14-/m0/s1. The smallest absolute Gasteiger partial charge is 0.410 e. The first-order chi connectivity index (χ1) is 13.2. The topological polar surface area (TPSA) is 108 Å². The van der Waals surface area contributed by atoms with Gasteiger partial charge in [-0.05, 0) is 39.7 Å². The molecule has 2 fully saturated rings. The number of aliphatic hydroxyl groups excluding tert-OH is 1. The van der Waals surface area contributed by atoms with E-state index in [-0.39, 0.29) is 30.7 Å². The fraction of sp³-hybridized carbons (Fsp3) is 0.684. The second-order valence-corrected chi connectivity index (χ2v) is 8.45. The van der Waals surface area contributed by atoms with Crippen LogP contribution < -0.4 is 5.32 Å². The number of carbonyl (C=O) groups excluding carboxylic acids is 2. The van der Waals surface area contributed by atoms with Crippen molar-refractivity contribution in [3.8, 4) is 0 Å². The molecule has 1 aromatic rings. The molecule has 2 N–H and O–H groups in total. The van der Waals surface area contributed by atoms with Crippen molar-refractivity contribution in [2.45, 2.75) is 57.3 Å². The minimum absolute atomic E-state index is 0.208. The second kappa shape index (κ2) is 8.00. The molecule has 0 unspecified atom stereocenters. The number of aliphatic hydroxyl groups is 1. The third-order valence-corrected chi connectivity index (χ3v) is 5.16. The van der Waals surface area contributed by atoms with Crippen LogP contribution in [0.15, 0.2) is 18.5 Å². The maximum absolute atomic E-state index is 12.6. The van der Waals surface area contributed by atoms with Gasteiger partial charge in [0.15, 0.2) is 0 Å². The van der Waals surface area contributed by atoms with Crippen LogP contribution in [0.4, 0.5) is 4.79 Å². The summed E-state index contributed by atoms with van der Waals surface area (Å²) in [7, 11) is 0. The second-order valence-electron chi connectivity index (χ2n) is 8.45. The van der Waals surface area contributed by atoms with Crippen LogP contribution in [0.5, 0.6) is 0 Å². The SMILES string of the molecule is CC(C)(C)OC(=O)N1CCCC12CN([C@@H](CO)C(=O)NCc1ncccn1)C2. The van der Waals surface area contributed by atoms with Crippen LogP contribution in [0.1, 0.15) is 39.4 Å². The van der Waals surface area contributed by atoms with E-state index in [2.05, 4.69) is 15.3 Å². The Bertz CT molecular complexity index is 700. The van der Waals surface area contributed by atoms with Gasteiger partial charge in [0.2, 0.25) is 5.91 Å². The lowest BCUT2D eigenvalue weighted by atomic mass is 9.85. The van der Waals surface area contributed by atoms with E-state index in [4.69, 9.17) is 4.74 Å². The lowest BCUT2D eigenvalue weighted by Gasteiger charge is -2.54. The average Bonchev–Trinajstić information content (AvgIpc) is 3.05. The van der Waals surface area contributed by atoms with E-state index in [0.29, 0.717) is 25.5 Å². The van der Waals surface area contributed by atoms with Crippen molar-refractivity contribution in [2.24, 2.45) is 0 Å². The molecule has 2 saturated heterocycles. The molecule has 0 aromatic carbocycles. The van der Waals surface area contributed by atoms with Crippen molar-refractivity contribution >= 4 is 12.0 Å². The molecule has 0 bridgehead atoms. The Balaban J connectivity index is 1.56. The summed E-state index contributed by atoms with van der Waals surface area (Å²) < 4.78 is 5.54. The molecule has 1 spiro atoms. The number of likely N-dealkylation sites (tertiary alicyclic amines) is 2. The van der Waals surface area contributed by atoms with Gasteiger partial charge in [0.1, 0.15) is 17.5 Å². The number of aromatic nitrogens is 2. The summed E-state index contributed by atoms with van der Waals surface area (Å²) in [6, 6.07) is 1.05. The molecule has 9 nitrogen and oxygen atoms in total. The van der Waals surface area contributed by atoms with E-state index < -0.39 is 11.6 Å². The molecule has 0 saturated carbocycles. The molecule has 0 aliphatic carbocycles. The summed E-state index contributed by atoms with van der Waals surface area (Å²) in [6.07, 6.45) is 4.70. The van der Waals surface area contributed by atoms with E-state index in [1.165, 1.54) is 0 Å². The van der Waals surface area contributed by atoms with Gasteiger partial charge in [0.25, 0.3) is 0 Å². The minimum Gasteiger partial charge on any atom is -0.444 e. The molecule has 154 valence electrons. The summed E-state index contributed by atoms with van der Waals surface area (Å²) in [5.41, 5.74) is -0.851. The number of carbonyl (C=O) groups is 2. The zero-order valence-corrected chi connectivity index (χ0v) is 16.7. The van der Waals surface area contributed by atoms with Gasteiger partial charge in [0, 0.05) is 32.0 Å². The lowest BCUT2D eigenvalue weighted by Crippen LogP contribution is -2.72. The molecule has 3 heterocycles. The van der Waals surface area contributed by atoms with Gasteiger partial charge in [-0.1, -0.05) is 0 Å². The number of nitrogens with one attached hydrogen (secondary N) is 1. The van der Waals surface area contributed by atoms with Gasteiger partial charge in [-0.3, -0.25) is 14.6 Å². The summed E-state index contributed by atoms with van der Waals surface area (Å²) >= 11 is 0. The first-order valence-corrected chi connectivity index (χ1v) is 9.63. The quantitative estimate of drug-likeness (QED) is 0.754. The highest BCUT2D eigenvalue weighted by atomic mass is 16.6. The highest BCUT2D eigenvalue weighted by Gasteiger charge is 2.55. The van der Waals surface area contributed by atoms with Crippen molar-refractivity contribution < 1.29 is 19.4 Å². The van der Waals surface area contributed by atoms with Crippen LogP contribution in [0, 0.1) is 0 Å². The number of rotatable bonds is 5. The van der Waals surface area contributed by atoms with Crippen molar-refractivity contribution in [1.29, 1.82) is 0 Å². The zero-order chi connectivity index (χ0) is 20.4. The number of amides is 2. The van der Waals surface area contributed by atoms with Crippen molar-refractivity contribution in [2.75, 3.05) is 26.2 Å². The van der Waals surface area contributed by atoms with Crippen LogP contribution in [0.2, 0.25) is 0 Å². The van der Waals surface area contributed by atoms with Crippen molar-refractivity contribution in [3.05, 3.63) is 24.3 Å². The average molecular weight is 391 g/mol. The molecule has 2 amide bonds. The van der Waals surface area contributed by atoms with Gasteiger partial charge in [0.05, 0.1) is 18.7 Å². The van der Waals surface area contributed by atoms with Crippen LogP contribution in [0.25, 0.3) is 0 Å². The van der Waals surface area contributed by atoms with Crippen LogP contribution >= 0.6 is 0 Å². The molecule has 9 heteroatoms. The molecule has 2 aliphatic heterocycles. The summed E-state index contributed by atoms with van der Waals surface area (Å²) in [5.74, 6) is 0.242. The Morgan fingerprint density at radius 2 is 2.00 bits per heavy atom. The molecular formula is C19H29N5O4. The molecule has 1 aromatic heterocycles. The maximum Gasteiger partial charge on any atom is 0.410 e. The van der Waals surface area contributed by atoms with Gasteiger partial charge in [-0.25, -0.2) is 14.8 Å². The lowest BCUT2D eigenvalue weighted by molar-refractivity contribution is -0.135. The fourth-order valence-electron chi connectivity index (χ4n) is 3.87. The van der Waals surface area contributed by atoms with Gasteiger partial charge in [-0.15, -0.1) is 0 Å². The Morgan fingerprint density at radius 3 is 2.61 bits per heavy atom. The van der Waals surface area contributed by atoms with Crippen LogP contribution in [-0.4, -0.2) is 80.3 Å².